The Balaban J connectivity index is 1.96. The Morgan fingerprint density at radius 2 is 1.84 bits per heavy atom. The van der Waals surface area contributed by atoms with Gasteiger partial charge in [0, 0.05) is 30.1 Å². The van der Waals surface area contributed by atoms with Crippen molar-refractivity contribution >= 4 is 17.7 Å². The number of guanidine groups is 1. The summed E-state index contributed by atoms with van der Waals surface area (Å²) in [5.74, 6) is 3.11. The number of rotatable bonds is 3. The highest BCUT2D eigenvalue weighted by Gasteiger charge is 2.34. The van der Waals surface area contributed by atoms with Gasteiger partial charge in [-0.2, -0.15) is 11.8 Å². The van der Waals surface area contributed by atoms with E-state index in [9.17, 15) is 0 Å². The van der Waals surface area contributed by atoms with Crippen LogP contribution in [0.5, 0.6) is 0 Å². The van der Waals surface area contributed by atoms with E-state index >= 15 is 0 Å². The zero-order valence-electron chi connectivity index (χ0n) is 12.4. The minimum atomic E-state index is 0.243. The van der Waals surface area contributed by atoms with Gasteiger partial charge < -0.3 is 15.5 Å². The molecular formula is C14H28N4S. The van der Waals surface area contributed by atoms with Gasteiger partial charge in [-0.25, -0.2) is 0 Å². The van der Waals surface area contributed by atoms with Crippen molar-refractivity contribution in [3.05, 3.63) is 0 Å². The summed E-state index contributed by atoms with van der Waals surface area (Å²) in [5.41, 5.74) is 6.42. The topological polar surface area (TPSA) is 44.9 Å². The molecule has 0 aromatic heterocycles. The standard InChI is InChI=1S/C14H28N4S/c1-17(2)14(6-4-3-5-7-14)12-16-13(15)18-8-10-19-11-9-18/h3-12H2,1-2H3,(H2,15,16). The van der Waals surface area contributed by atoms with Crippen LogP contribution in [0.3, 0.4) is 0 Å². The number of nitrogens with two attached hydrogens (primary N) is 1. The van der Waals surface area contributed by atoms with Gasteiger partial charge in [0.1, 0.15) is 0 Å². The Bertz CT molecular complexity index is 305. The van der Waals surface area contributed by atoms with Crippen LogP contribution in [0, 0.1) is 0 Å². The molecule has 1 saturated carbocycles. The van der Waals surface area contributed by atoms with Gasteiger partial charge >= 0.3 is 0 Å². The molecule has 1 aliphatic heterocycles. The number of nitrogens with zero attached hydrogens (tertiary/aromatic N) is 3. The van der Waals surface area contributed by atoms with Gasteiger partial charge in [-0.15, -0.1) is 0 Å². The van der Waals surface area contributed by atoms with Crippen molar-refractivity contribution in [2.45, 2.75) is 37.6 Å². The van der Waals surface area contributed by atoms with E-state index in [4.69, 9.17) is 10.7 Å². The van der Waals surface area contributed by atoms with Crippen molar-refractivity contribution in [1.29, 1.82) is 0 Å². The van der Waals surface area contributed by atoms with Crippen LogP contribution in [0.4, 0.5) is 0 Å². The maximum Gasteiger partial charge on any atom is 0.191 e. The van der Waals surface area contributed by atoms with Crippen LogP contribution in [0.25, 0.3) is 0 Å². The third kappa shape index (κ3) is 3.78. The Morgan fingerprint density at radius 3 is 2.42 bits per heavy atom. The van der Waals surface area contributed by atoms with E-state index in [2.05, 4.69) is 23.9 Å². The summed E-state index contributed by atoms with van der Waals surface area (Å²) in [6, 6.07) is 0. The summed E-state index contributed by atoms with van der Waals surface area (Å²) in [7, 11) is 4.38. The summed E-state index contributed by atoms with van der Waals surface area (Å²) in [6.45, 7) is 2.96. The summed E-state index contributed by atoms with van der Waals surface area (Å²) >= 11 is 2.01. The van der Waals surface area contributed by atoms with Crippen molar-refractivity contribution in [3.63, 3.8) is 0 Å². The van der Waals surface area contributed by atoms with Crippen molar-refractivity contribution < 1.29 is 0 Å². The maximum absolute atomic E-state index is 6.17. The molecule has 2 rings (SSSR count). The summed E-state index contributed by atoms with van der Waals surface area (Å²) in [4.78, 5) is 9.34. The van der Waals surface area contributed by atoms with Gasteiger partial charge in [0.05, 0.1) is 6.54 Å². The van der Waals surface area contributed by atoms with Crippen LogP contribution in [-0.2, 0) is 0 Å². The third-order valence-electron chi connectivity index (χ3n) is 4.60. The molecule has 1 aliphatic carbocycles. The lowest BCUT2D eigenvalue weighted by Crippen LogP contribution is -2.50. The first-order valence-corrected chi connectivity index (χ1v) is 8.60. The predicted molar refractivity (Wildman–Crippen MR) is 84.9 cm³/mol. The quantitative estimate of drug-likeness (QED) is 0.632. The first kappa shape index (κ1) is 15.0. The van der Waals surface area contributed by atoms with E-state index in [-0.39, 0.29) is 5.54 Å². The Morgan fingerprint density at radius 1 is 1.21 bits per heavy atom. The molecule has 0 bridgehead atoms. The third-order valence-corrected chi connectivity index (χ3v) is 5.55. The molecule has 0 atom stereocenters. The molecule has 0 aromatic rings. The molecule has 0 aromatic carbocycles. The fourth-order valence-electron chi connectivity index (χ4n) is 3.08. The maximum atomic E-state index is 6.17. The molecular weight excluding hydrogens is 256 g/mol. The molecule has 0 radical (unpaired) electrons. The highest BCUT2D eigenvalue weighted by Crippen LogP contribution is 2.32. The van der Waals surface area contributed by atoms with E-state index in [1.165, 1.54) is 43.6 Å². The van der Waals surface area contributed by atoms with Crippen LogP contribution < -0.4 is 5.73 Å². The monoisotopic (exact) mass is 284 g/mol. The Hall–Kier alpha value is -0.420. The second-order valence-electron chi connectivity index (χ2n) is 5.95. The average molecular weight is 284 g/mol. The second kappa shape index (κ2) is 6.84. The van der Waals surface area contributed by atoms with Gasteiger partial charge in [-0.1, -0.05) is 19.3 Å². The van der Waals surface area contributed by atoms with E-state index < -0.39 is 0 Å². The van der Waals surface area contributed by atoms with E-state index in [0.717, 1.165) is 25.6 Å². The molecule has 1 saturated heterocycles. The lowest BCUT2D eigenvalue weighted by Gasteiger charge is -2.42. The number of hydrogen-bond acceptors (Lipinski definition) is 3. The second-order valence-corrected chi connectivity index (χ2v) is 7.18. The van der Waals surface area contributed by atoms with Crippen LogP contribution >= 0.6 is 11.8 Å². The van der Waals surface area contributed by atoms with Gasteiger partial charge in [-0.3, -0.25) is 4.99 Å². The molecule has 19 heavy (non-hydrogen) atoms. The molecule has 5 heteroatoms. The molecule has 2 aliphatic rings. The molecule has 1 heterocycles. The summed E-state index contributed by atoms with van der Waals surface area (Å²) < 4.78 is 0. The molecule has 110 valence electrons. The fraction of sp³-hybridized carbons (Fsp3) is 0.929. The minimum absolute atomic E-state index is 0.243. The van der Waals surface area contributed by atoms with Crippen molar-refractivity contribution in [1.82, 2.24) is 9.80 Å². The van der Waals surface area contributed by atoms with Crippen LogP contribution in [0.1, 0.15) is 32.1 Å². The van der Waals surface area contributed by atoms with Crippen LogP contribution in [0.2, 0.25) is 0 Å². The smallest absolute Gasteiger partial charge is 0.191 e. The SMILES string of the molecule is CN(C)C1(CN=C(N)N2CCSCC2)CCCCC1. The number of aliphatic imine (C=N–C) groups is 1. The number of likely N-dealkylation sites (N-methyl/N-ethyl adjacent to an activating group) is 1. The zero-order valence-corrected chi connectivity index (χ0v) is 13.2. The van der Waals surface area contributed by atoms with E-state index in [1.54, 1.807) is 0 Å². The molecule has 4 nitrogen and oxygen atoms in total. The average Bonchev–Trinajstić information content (AvgIpc) is 2.46. The van der Waals surface area contributed by atoms with Gasteiger partial charge in [0.2, 0.25) is 0 Å². The molecule has 2 N–H and O–H groups in total. The van der Waals surface area contributed by atoms with Gasteiger partial charge in [-0.05, 0) is 26.9 Å². The van der Waals surface area contributed by atoms with Gasteiger partial charge in [0.15, 0.2) is 5.96 Å². The Kier molecular flexibility index (Phi) is 5.39. The zero-order chi connectivity index (χ0) is 13.7. The van der Waals surface area contributed by atoms with Gasteiger partial charge in [0.25, 0.3) is 0 Å². The van der Waals surface area contributed by atoms with Crippen LogP contribution in [-0.4, -0.2) is 66.5 Å². The summed E-state index contributed by atoms with van der Waals surface area (Å²) in [5, 5.41) is 0. The lowest BCUT2D eigenvalue weighted by atomic mass is 9.81. The Labute approximate surface area is 121 Å². The van der Waals surface area contributed by atoms with Crippen LogP contribution in [0.15, 0.2) is 4.99 Å². The van der Waals surface area contributed by atoms with E-state index in [1.807, 2.05) is 11.8 Å². The summed E-state index contributed by atoms with van der Waals surface area (Å²) in [6.07, 6.45) is 6.54. The number of thioether (sulfide) groups is 1. The lowest BCUT2D eigenvalue weighted by molar-refractivity contribution is 0.109. The number of hydrogen-bond donors (Lipinski definition) is 1. The van der Waals surface area contributed by atoms with Crippen molar-refractivity contribution in [2.75, 3.05) is 45.2 Å². The van der Waals surface area contributed by atoms with Crippen molar-refractivity contribution in [2.24, 2.45) is 10.7 Å². The molecule has 2 fully saturated rings. The molecule has 0 unspecified atom stereocenters. The largest absolute Gasteiger partial charge is 0.370 e. The molecule has 0 spiro atoms. The first-order valence-electron chi connectivity index (χ1n) is 7.44. The normalized spacial score (nSPS) is 24.8. The fourth-order valence-corrected chi connectivity index (χ4v) is 3.98. The first-order chi connectivity index (χ1) is 9.14. The van der Waals surface area contributed by atoms with Crippen molar-refractivity contribution in [3.8, 4) is 0 Å². The minimum Gasteiger partial charge on any atom is -0.370 e. The predicted octanol–water partition coefficient (Wildman–Crippen LogP) is 1.61. The molecule has 0 amide bonds. The van der Waals surface area contributed by atoms with E-state index in [0.29, 0.717) is 0 Å². The highest BCUT2D eigenvalue weighted by molar-refractivity contribution is 7.99. The highest BCUT2D eigenvalue weighted by atomic mass is 32.2.